The maximum atomic E-state index is 12.8. The number of aliphatic hydroxyl groups excluding tert-OH is 1. The number of carbonyl (C=O) groups is 3. The summed E-state index contributed by atoms with van der Waals surface area (Å²) >= 11 is 2.41. The molecule has 1 aromatic heterocycles. The molecule has 4 rings (SSSR count). The summed E-state index contributed by atoms with van der Waals surface area (Å²) < 4.78 is 32.0. The summed E-state index contributed by atoms with van der Waals surface area (Å²) in [6.45, 7) is 0.342. The van der Waals surface area contributed by atoms with Gasteiger partial charge in [0.1, 0.15) is 16.8 Å². The van der Waals surface area contributed by atoms with Crippen molar-refractivity contribution in [2.75, 3.05) is 23.8 Å². The molecule has 2 fully saturated rings. The Balaban J connectivity index is 1.31. The van der Waals surface area contributed by atoms with Crippen LogP contribution in [0.5, 0.6) is 0 Å². The number of carboxylic acids is 1. The van der Waals surface area contributed by atoms with Gasteiger partial charge in [0, 0.05) is 24.6 Å². The van der Waals surface area contributed by atoms with E-state index in [0.717, 1.165) is 11.8 Å². The smallest absolute Gasteiger partial charge is 0.313 e. The van der Waals surface area contributed by atoms with Gasteiger partial charge in [0.2, 0.25) is 11.1 Å². The van der Waals surface area contributed by atoms with E-state index in [1.807, 2.05) is 0 Å². The van der Waals surface area contributed by atoms with Gasteiger partial charge in [-0.05, 0) is 28.8 Å². The van der Waals surface area contributed by atoms with Gasteiger partial charge in [-0.3, -0.25) is 18.9 Å². The molecule has 14 nitrogen and oxygen atoms in total. The Morgan fingerprint density at radius 3 is 2.67 bits per heavy atom. The lowest BCUT2D eigenvalue weighted by atomic mass is 9.89. The van der Waals surface area contributed by atoms with Crippen LogP contribution in [0.25, 0.3) is 0 Å². The molecule has 2 aromatic rings. The minimum Gasteiger partial charge on any atom is -0.481 e. The summed E-state index contributed by atoms with van der Waals surface area (Å²) in [4.78, 5) is 39.1. The van der Waals surface area contributed by atoms with Crippen LogP contribution in [0.15, 0.2) is 35.5 Å². The molecule has 4 atom stereocenters. The van der Waals surface area contributed by atoms with Crippen molar-refractivity contribution in [3.05, 3.63) is 35.9 Å². The highest BCUT2D eigenvalue weighted by Crippen LogP contribution is 2.44. The Morgan fingerprint density at radius 1 is 1.23 bits per heavy atom. The van der Waals surface area contributed by atoms with E-state index in [-0.39, 0.29) is 23.8 Å². The number of aromatic nitrogens is 4. The first-order chi connectivity index (χ1) is 18.5. The maximum Gasteiger partial charge on any atom is 0.313 e. The molecule has 3 unspecified atom stereocenters. The Morgan fingerprint density at radius 2 is 1.97 bits per heavy atom. The van der Waals surface area contributed by atoms with Crippen LogP contribution in [0.1, 0.15) is 30.9 Å². The fraction of sp³-hybridized carbons (Fsp3) is 0.545. The first kappa shape index (κ1) is 29.3. The molecule has 0 aliphatic carbocycles. The Labute approximate surface area is 232 Å². The highest BCUT2D eigenvalue weighted by atomic mass is 32.2. The van der Waals surface area contributed by atoms with Gasteiger partial charge in [-0.15, -0.1) is 16.9 Å². The van der Waals surface area contributed by atoms with Crippen LogP contribution in [-0.4, -0.2) is 101 Å². The van der Waals surface area contributed by atoms with E-state index >= 15 is 0 Å². The van der Waals surface area contributed by atoms with Crippen LogP contribution in [0.4, 0.5) is 0 Å². The third-order valence-corrected chi connectivity index (χ3v) is 10.1. The predicted octanol–water partition coefficient (Wildman–Crippen LogP) is 0.0278. The van der Waals surface area contributed by atoms with E-state index < -0.39 is 50.8 Å². The van der Waals surface area contributed by atoms with Gasteiger partial charge in [0.25, 0.3) is 16.0 Å². The third kappa shape index (κ3) is 6.89. The zero-order valence-corrected chi connectivity index (χ0v) is 23.1. The molecule has 212 valence electrons. The van der Waals surface area contributed by atoms with Crippen LogP contribution < -0.4 is 5.32 Å². The summed E-state index contributed by atoms with van der Waals surface area (Å²) in [6, 6.07) is 7.49. The van der Waals surface area contributed by atoms with Gasteiger partial charge in [-0.2, -0.15) is 8.42 Å². The lowest BCUT2D eigenvalue weighted by Gasteiger charge is -2.53. The molecule has 2 aliphatic heterocycles. The van der Waals surface area contributed by atoms with Gasteiger partial charge in [0.05, 0.1) is 5.75 Å². The molecule has 1 aromatic carbocycles. The molecule has 0 bridgehead atoms. The molecular weight excluding hydrogens is 572 g/mol. The number of carbonyl (C=O) groups excluding carboxylic acids is 2. The zero-order chi connectivity index (χ0) is 28.2. The van der Waals surface area contributed by atoms with Crippen molar-refractivity contribution >= 4 is 51.4 Å². The van der Waals surface area contributed by atoms with Crippen molar-refractivity contribution in [2.45, 2.75) is 48.5 Å². The van der Waals surface area contributed by atoms with Crippen molar-refractivity contribution in [1.29, 1.82) is 0 Å². The van der Waals surface area contributed by atoms with E-state index in [4.69, 9.17) is 4.55 Å². The summed E-state index contributed by atoms with van der Waals surface area (Å²) in [5.74, 6) is -2.21. The number of fused-ring (bicyclic) bond motifs is 1. The van der Waals surface area contributed by atoms with Crippen LogP contribution in [0.2, 0.25) is 0 Å². The molecule has 0 spiro atoms. The van der Waals surface area contributed by atoms with Gasteiger partial charge in [0.15, 0.2) is 6.10 Å². The Kier molecular flexibility index (Phi) is 9.15. The van der Waals surface area contributed by atoms with E-state index in [1.165, 1.54) is 21.3 Å². The number of unbranched alkanes of at least 4 members (excludes halogenated alkanes) is 2. The molecule has 2 aliphatic rings. The number of tetrazole rings is 1. The maximum absolute atomic E-state index is 12.8. The van der Waals surface area contributed by atoms with Crippen molar-refractivity contribution in [2.24, 2.45) is 5.41 Å². The largest absolute Gasteiger partial charge is 0.481 e. The molecule has 2 amide bonds. The lowest BCUT2D eigenvalue weighted by molar-refractivity contribution is -0.158. The molecule has 39 heavy (non-hydrogen) atoms. The number of nitrogens with one attached hydrogen (secondary N) is 1. The van der Waals surface area contributed by atoms with Crippen molar-refractivity contribution in [3.8, 4) is 0 Å². The number of aliphatic carboxylic acids is 1. The fourth-order valence-electron chi connectivity index (χ4n) is 4.29. The Bertz CT molecular complexity index is 1310. The number of hydrogen-bond donors (Lipinski definition) is 4. The molecule has 2 saturated heterocycles. The van der Waals surface area contributed by atoms with Crippen LogP contribution in [0.3, 0.4) is 0 Å². The third-order valence-electron chi connectivity index (χ3n) is 6.51. The van der Waals surface area contributed by atoms with E-state index in [2.05, 4.69) is 20.8 Å². The quantitative estimate of drug-likeness (QED) is 0.104. The van der Waals surface area contributed by atoms with E-state index in [0.29, 0.717) is 36.5 Å². The van der Waals surface area contributed by atoms with Crippen molar-refractivity contribution in [3.63, 3.8) is 0 Å². The second-order valence-corrected chi connectivity index (χ2v) is 13.0. The summed E-state index contributed by atoms with van der Waals surface area (Å²) in [5, 5.41) is 34.5. The van der Waals surface area contributed by atoms with Crippen LogP contribution >= 0.6 is 23.5 Å². The highest BCUT2D eigenvalue weighted by Gasteiger charge is 2.57. The predicted molar refractivity (Wildman–Crippen MR) is 140 cm³/mol. The molecule has 17 heteroatoms. The summed E-state index contributed by atoms with van der Waals surface area (Å²) in [7, 11) is -4.00. The number of benzene rings is 1. The standard InChI is InChI=1S/C22H28N6O8S3/c29-16(14-7-3-1-4-8-14)17(30)23-15-18(31)27-11-22(20(32)33,12-37-19(15)27)13-38-21-24-25-26-28(21)9-5-2-6-10-39(34,35)36/h1,3-4,7-8,15-16,19,29H,2,5-6,9-13H2,(H,23,30)(H,32,33)(H,34,35,36)/t15?,16?,19-,22?/m1/s1. The average molecular weight is 601 g/mol. The second-order valence-electron chi connectivity index (χ2n) is 9.37. The zero-order valence-electron chi connectivity index (χ0n) is 20.6. The molecule has 4 N–H and O–H groups in total. The number of carboxylic acid groups (broad SMARTS) is 1. The lowest BCUT2D eigenvalue weighted by Crippen LogP contribution is -2.74. The first-order valence-electron chi connectivity index (χ1n) is 12.0. The second kappa shape index (κ2) is 12.2. The molecule has 3 heterocycles. The fourth-order valence-corrected chi connectivity index (χ4v) is 7.62. The van der Waals surface area contributed by atoms with Crippen molar-refractivity contribution < 1.29 is 37.6 Å². The number of rotatable bonds is 13. The number of nitrogens with zero attached hydrogens (tertiary/aromatic N) is 5. The van der Waals surface area contributed by atoms with Gasteiger partial charge in [-0.1, -0.05) is 48.5 Å². The highest BCUT2D eigenvalue weighted by molar-refractivity contribution is 8.00. The number of hydrogen-bond acceptors (Lipinski definition) is 11. The molecule has 0 radical (unpaired) electrons. The minimum absolute atomic E-state index is 0.0450. The SMILES string of the molecule is O=C(NC1C(=O)N2CC(CSc3nnnn3CCCCCS(=O)(=O)O)(C(=O)O)CS[C@H]12)C(O)c1ccccc1. The monoisotopic (exact) mass is 600 g/mol. The topological polar surface area (TPSA) is 205 Å². The van der Waals surface area contributed by atoms with Gasteiger partial charge >= 0.3 is 5.97 Å². The summed E-state index contributed by atoms with van der Waals surface area (Å²) in [5.41, 5.74) is -0.871. The normalized spacial score (nSPS) is 23.5. The first-order valence-corrected chi connectivity index (χ1v) is 15.7. The number of amides is 2. The van der Waals surface area contributed by atoms with E-state index in [1.54, 1.807) is 30.3 Å². The van der Waals surface area contributed by atoms with Crippen LogP contribution in [0, 0.1) is 5.41 Å². The van der Waals surface area contributed by atoms with Crippen molar-refractivity contribution in [1.82, 2.24) is 30.4 Å². The molecular formula is C22H28N6O8S3. The number of aliphatic hydroxyl groups is 1. The minimum atomic E-state index is -4.00. The van der Waals surface area contributed by atoms with E-state index in [9.17, 15) is 33.0 Å². The molecule has 0 saturated carbocycles. The Hall–Kier alpha value is -2.73. The number of β-lactam (4-membered cyclic amide) rings is 1. The van der Waals surface area contributed by atoms with Gasteiger partial charge in [-0.25, -0.2) is 4.68 Å². The van der Waals surface area contributed by atoms with Crippen LogP contribution in [-0.2, 0) is 31.0 Å². The number of thioether (sulfide) groups is 2. The summed E-state index contributed by atoms with van der Waals surface area (Å²) in [6.07, 6.45) is -0.0485. The van der Waals surface area contributed by atoms with Gasteiger partial charge < -0.3 is 20.4 Å². The number of aryl methyl sites for hydroxylation is 1. The average Bonchev–Trinajstić information content (AvgIpc) is 3.36.